The summed E-state index contributed by atoms with van der Waals surface area (Å²) in [5, 5.41) is 3.66. The van der Waals surface area contributed by atoms with Gasteiger partial charge in [0.1, 0.15) is 4.90 Å². The van der Waals surface area contributed by atoms with E-state index in [1.54, 1.807) is 16.4 Å². The van der Waals surface area contributed by atoms with Crippen LogP contribution in [-0.2, 0) is 10.0 Å². The molecule has 0 aromatic heterocycles. The zero-order valence-electron chi connectivity index (χ0n) is 10.9. The van der Waals surface area contributed by atoms with Crippen molar-refractivity contribution in [1.82, 2.24) is 9.62 Å². The maximum Gasteiger partial charge on any atom is 0.244 e. The molecule has 0 radical (unpaired) electrons. The molecular weight excluding hydrogens is 319 g/mol. The molecular formula is C13H16Cl2N2O2S. The zero-order valence-corrected chi connectivity index (χ0v) is 13.2. The number of hydrogen-bond donors (Lipinski definition) is 1. The molecule has 2 unspecified atom stereocenters. The molecule has 2 heterocycles. The quantitative estimate of drug-likeness (QED) is 0.903. The predicted molar refractivity (Wildman–Crippen MR) is 79.7 cm³/mol. The minimum Gasteiger partial charge on any atom is -0.315 e. The van der Waals surface area contributed by atoms with Crippen LogP contribution in [0.1, 0.15) is 12.8 Å². The van der Waals surface area contributed by atoms with E-state index in [4.69, 9.17) is 23.2 Å². The van der Waals surface area contributed by atoms with Gasteiger partial charge in [0.25, 0.3) is 0 Å². The fourth-order valence-electron chi connectivity index (χ4n) is 3.13. The normalized spacial score (nSPS) is 27.5. The molecule has 0 aliphatic carbocycles. The largest absolute Gasteiger partial charge is 0.315 e. The Morgan fingerprint density at radius 3 is 2.85 bits per heavy atom. The van der Waals surface area contributed by atoms with Gasteiger partial charge in [-0.15, -0.1) is 0 Å². The minimum atomic E-state index is -3.59. The predicted octanol–water partition coefficient (Wildman–Crippen LogP) is 2.37. The second-order valence-electron chi connectivity index (χ2n) is 5.30. The molecule has 2 atom stereocenters. The highest BCUT2D eigenvalue weighted by Gasteiger charge is 2.42. The van der Waals surface area contributed by atoms with Crippen molar-refractivity contribution in [1.29, 1.82) is 0 Å². The maximum absolute atomic E-state index is 12.9. The maximum atomic E-state index is 12.9. The molecule has 110 valence electrons. The Kier molecular flexibility index (Phi) is 3.99. The summed E-state index contributed by atoms with van der Waals surface area (Å²) in [6.07, 6.45) is 1.97. The highest BCUT2D eigenvalue weighted by molar-refractivity contribution is 7.89. The van der Waals surface area contributed by atoms with Gasteiger partial charge in [0, 0.05) is 19.1 Å². The van der Waals surface area contributed by atoms with Crippen molar-refractivity contribution in [2.45, 2.75) is 23.8 Å². The summed E-state index contributed by atoms with van der Waals surface area (Å²) in [6, 6.07) is 4.77. The van der Waals surface area contributed by atoms with Crippen LogP contribution in [0.5, 0.6) is 0 Å². The van der Waals surface area contributed by atoms with Crippen LogP contribution < -0.4 is 5.32 Å². The lowest BCUT2D eigenvalue weighted by atomic mass is 9.94. The van der Waals surface area contributed by atoms with Gasteiger partial charge >= 0.3 is 0 Å². The number of benzene rings is 1. The van der Waals surface area contributed by atoms with Gasteiger partial charge in [-0.2, -0.15) is 4.31 Å². The SMILES string of the molecule is O=S(=O)(c1cccc(Cl)c1Cl)N1CCCC2CNCC21. The topological polar surface area (TPSA) is 49.4 Å². The van der Waals surface area contributed by atoms with Crippen LogP contribution >= 0.6 is 23.2 Å². The van der Waals surface area contributed by atoms with E-state index in [1.807, 2.05) is 0 Å². The second kappa shape index (κ2) is 5.46. The van der Waals surface area contributed by atoms with Gasteiger partial charge in [-0.1, -0.05) is 29.3 Å². The summed E-state index contributed by atoms with van der Waals surface area (Å²) in [5.41, 5.74) is 0. The first kappa shape index (κ1) is 14.6. The zero-order chi connectivity index (χ0) is 14.3. The number of sulfonamides is 1. The molecule has 20 heavy (non-hydrogen) atoms. The van der Waals surface area contributed by atoms with E-state index in [0.717, 1.165) is 19.4 Å². The molecule has 2 aliphatic heterocycles. The van der Waals surface area contributed by atoms with Gasteiger partial charge in [0.05, 0.1) is 10.0 Å². The van der Waals surface area contributed by atoms with Gasteiger partial charge in [0.2, 0.25) is 10.0 Å². The van der Waals surface area contributed by atoms with Crippen molar-refractivity contribution < 1.29 is 8.42 Å². The molecule has 4 nitrogen and oxygen atoms in total. The monoisotopic (exact) mass is 334 g/mol. The van der Waals surface area contributed by atoms with Crippen LogP contribution in [0.15, 0.2) is 23.1 Å². The number of piperidine rings is 1. The highest BCUT2D eigenvalue weighted by Crippen LogP contribution is 2.35. The molecule has 0 spiro atoms. The van der Waals surface area contributed by atoms with Crippen LogP contribution in [0.3, 0.4) is 0 Å². The Labute approximate surface area is 129 Å². The van der Waals surface area contributed by atoms with E-state index >= 15 is 0 Å². The molecule has 3 rings (SSSR count). The number of halogens is 2. The van der Waals surface area contributed by atoms with E-state index in [-0.39, 0.29) is 21.0 Å². The third-order valence-electron chi connectivity index (χ3n) is 4.13. The molecule has 1 aromatic carbocycles. The van der Waals surface area contributed by atoms with Crippen molar-refractivity contribution >= 4 is 33.2 Å². The fourth-order valence-corrected chi connectivity index (χ4v) is 5.60. The molecule has 0 bridgehead atoms. The van der Waals surface area contributed by atoms with E-state index in [9.17, 15) is 8.42 Å². The molecule has 7 heteroatoms. The van der Waals surface area contributed by atoms with Gasteiger partial charge in [0.15, 0.2) is 0 Å². The average molecular weight is 335 g/mol. The van der Waals surface area contributed by atoms with Crippen LogP contribution in [0.2, 0.25) is 10.0 Å². The van der Waals surface area contributed by atoms with Crippen LogP contribution in [-0.4, -0.2) is 38.4 Å². The van der Waals surface area contributed by atoms with Gasteiger partial charge < -0.3 is 5.32 Å². The summed E-state index contributed by atoms with van der Waals surface area (Å²) < 4.78 is 27.3. The van der Waals surface area contributed by atoms with E-state index < -0.39 is 10.0 Å². The van der Waals surface area contributed by atoms with Crippen molar-refractivity contribution in [3.05, 3.63) is 28.2 Å². The van der Waals surface area contributed by atoms with Crippen molar-refractivity contribution in [3.63, 3.8) is 0 Å². The minimum absolute atomic E-state index is 0.0313. The van der Waals surface area contributed by atoms with Crippen LogP contribution in [0.25, 0.3) is 0 Å². The van der Waals surface area contributed by atoms with Crippen LogP contribution in [0.4, 0.5) is 0 Å². The van der Waals surface area contributed by atoms with Crippen LogP contribution in [0, 0.1) is 5.92 Å². The smallest absolute Gasteiger partial charge is 0.244 e. The Morgan fingerprint density at radius 2 is 2.05 bits per heavy atom. The Balaban J connectivity index is 2.01. The van der Waals surface area contributed by atoms with E-state index in [2.05, 4.69) is 5.32 Å². The third kappa shape index (κ3) is 2.35. The van der Waals surface area contributed by atoms with Crippen molar-refractivity contribution in [3.8, 4) is 0 Å². The first-order chi connectivity index (χ1) is 9.51. The third-order valence-corrected chi connectivity index (χ3v) is 7.03. The summed E-state index contributed by atoms with van der Waals surface area (Å²) in [7, 11) is -3.59. The van der Waals surface area contributed by atoms with E-state index in [1.165, 1.54) is 6.07 Å². The Morgan fingerprint density at radius 1 is 1.25 bits per heavy atom. The Bertz CT molecular complexity index is 621. The average Bonchev–Trinajstić information content (AvgIpc) is 2.89. The van der Waals surface area contributed by atoms with E-state index in [0.29, 0.717) is 19.0 Å². The van der Waals surface area contributed by atoms with Gasteiger partial charge in [-0.05, 0) is 37.4 Å². The number of rotatable bonds is 2. The standard InChI is InChI=1S/C13H16Cl2N2O2S/c14-10-4-1-5-12(13(10)15)20(18,19)17-6-2-3-9-7-16-8-11(9)17/h1,4-5,9,11,16H,2-3,6-8H2. The Hall–Kier alpha value is -0.330. The molecule has 2 fully saturated rings. The molecule has 1 N–H and O–H groups in total. The van der Waals surface area contributed by atoms with Crippen molar-refractivity contribution in [2.75, 3.05) is 19.6 Å². The molecule has 1 aromatic rings. The first-order valence-corrected chi connectivity index (χ1v) is 8.88. The van der Waals surface area contributed by atoms with Crippen molar-refractivity contribution in [2.24, 2.45) is 5.92 Å². The lowest BCUT2D eigenvalue weighted by Gasteiger charge is -2.36. The van der Waals surface area contributed by atoms with Gasteiger partial charge in [-0.25, -0.2) is 8.42 Å². The number of nitrogens with zero attached hydrogens (tertiary/aromatic N) is 1. The number of nitrogens with one attached hydrogen (secondary N) is 1. The number of fused-ring (bicyclic) bond motifs is 1. The molecule has 0 amide bonds. The molecule has 2 aliphatic rings. The fraction of sp³-hybridized carbons (Fsp3) is 0.538. The summed E-state index contributed by atoms with van der Waals surface area (Å²) >= 11 is 12.0. The summed E-state index contributed by atoms with van der Waals surface area (Å²) in [4.78, 5) is 0.110. The second-order valence-corrected chi connectivity index (χ2v) is 7.94. The lowest BCUT2D eigenvalue weighted by Crippen LogP contribution is -2.48. The summed E-state index contributed by atoms with van der Waals surface area (Å²) in [6.45, 7) is 2.15. The number of hydrogen-bond acceptors (Lipinski definition) is 3. The summed E-state index contributed by atoms with van der Waals surface area (Å²) in [5.74, 6) is 0.400. The molecule has 2 saturated heterocycles. The first-order valence-electron chi connectivity index (χ1n) is 6.68. The lowest BCUT2D eigenvalue weighted by molar-refractivity contribution is 0.217. The molecule has 0 saturated carbocycles. The van der Waals surface area contributed by atoms with Gasteiger partial charge in [-0.3, -0.25) is 0 Å². The highest BCUT2D eigenvalue weighted by atomic mass is 35.5.